The first-order valence-electron chi connectivity index (χ1n) is 8.08. The summed E-state index contributed by atoms with van der Waals surface area (Å²) in [5, 5.41) is 3.42. The number of rotatable bonds is 5. The maximum Gasteiger partial charge on any atom is 0.119 e. The van der Waals surface area contributed by atoms with Crippen molar-refractivity contribution in [3.8, 4) is 5.75 Å². The van der Waals surface area contributed by atoms with Crippen LogP contribution in [-0.4, -0.2) is 44.2 Å². The summed E-state index contributed by atoms with van der Waals surface area (Å²) in [7, 11) is 0. The molecule has 0 atom stereocenters. The summed E-state index contributed by atoms with van der Waals surface area (Å²) in [4.78, 5) is 2.49. The molecule has 1 aromatic rings. The highest BCUT2D eigenvalue weighted by Crippen LogP contribution is 2.26. The second-order valence-electron chi connectivity index (χ2n) is 5.99. The van der Waals surface area contributed by atoms with Gasteiger partial charge in [-0.1, -0.05) is 12.1 Å². The fraction of sp³-hybridized carbons (Fsp3) is 0.647. The fourth-order valence-corrected chi connectivity index (χ4v) is 3.29. The summed E-state index contributed by atoms with van der Waals surface area (Å²) < 4.78 is 5.86. The minimum absolute atomic E-state index is 0.731. The zero-order valence-corrected chi connectivity index (χ0v) is 12.3. The molecule has 0 saturated carbocycles. The van der Waals surface area contributed by atoms with E-state index >= 15 is 0 Å². The molecule has 3 nitrogen and oxygen atoms in total. The number of nitrogens with zero attached hydrogens (tertiary/aromatic N) is 1. The normalized spacial score (nSPS) is 21.2. The zero-order valence-electron chi connectivity index (χ0n) is 12.3. The standard InChI is InChI=1S/C17H26N2O/c1-2-12-19(11-1)13-14-20-17-5-3-15(4-6-17)16-7-9-18-10-8-16/h3-6,16,18H,1-2,7-14H2. The number of ether oxygens (including phenoxy) is 1. The monoisotopic (exact) mass is 274 g/mol. The predicted octanol–water partition coefficient (Wildman–Crippen LogP) is 2.63. The van der Waals surface area contributed by atoms with Crippen LogP contribution in [0.1, 0.15) is 37.2 Å². The Kier molecular flexibility index (Phi) is 4.93. The van der Waals surface area contributed by atoms with E-state index in [1.54, 1.807) is 0 Å². The molecular formula is C17H26N2O. The zero-order chi connectivity index (χ0) is 13.6. The van der Waals surface area contributed by atoms with Crippen molar-refractivity contribution in [2.24, 2.45) is 0 Å². The molecule has 3 rings (SSSR count). The largest absolute Gasteiger partial charge is 0.492 e. The molecule has 0 aromatic heterocycles. The number of hydrogen-bond acceptors (Lipinski definition) is 3. The van der Waals surface area contributed by atoms with Gasteiger partial charge in [-0.2, -0.15) is 0 Å². The van der Waals surface area contributed by atoms with Gasteiger partial charge in [0, 0.05) is 6.54 Å². The van der Waals surface area contributed by atoms with Crippen molar-refractivity contribution in [2.45, 2.75) is 31.6 Å². The Bertz CT molecular complexity index is 392. The first kappa shape index (κ1) is 13.9. The summed E-state index contributed by atoms with van der Waals surface area (Å²) in [5.74, 6) is 1.75. The molecular weight excluding hydrogens is 248 g/mol. The number of benzene rings is 1. The van der Waals surface area contributed by atoms with Crippen LogP contribution in [0, 0.1) is 0 Å². The van der Waals surface area contributed by atoms with E-state index < -0.39 is 0 Å². The van der Waals surface area contributed by atoms with Crippen LogP contribution in [0.3, 0.4) is 0 Å². The van der Waals surface area contributed by atoms with E-state index in [2.05, 4.69) is 34.5 Å². The Morgan fingerprint density at radius 2 is 1.75 bits per heavy atom. The Morgan fingerprint density at radius 1 is 1.05 bits per heavy atom. The summed E-state index contributed by atoms with van der Waals surface area (Å²) in [5.41, 5.74) is 1.47. The van der Waals surface area contributed by atoms with Gasteiger partial charge in [0.05, 0.1) is 0 Å². The van der Waals surface area contributed by atoms with Crippen molar-refractivity contribution in [3.63, 3.8) is 0 Å². The van der Waals surface area contributed by atoms with Gasteiger partial charge in [-0.15, -0.1) is 0 Å². The lowest BCUT2D eigenvalue weighted by Gasteiger charge is -2.23. The predicted molar refractivity (Wildman–Crippen MR) is 82.5 cm³/mol. The minimum Gasteiger partial charge on any atom is -0.492 e. The molecule has 2 aliphatic heterocycles. The molecule has 1 N–H and O–H groups in total. The van der Waals surface area contributed by atoms with Crippen molar-refractivity contribution in [1.29, 1.82) is 0 Å². The second kappa shape index (κ2) is 7.09. The van der Waals surface area contributed by atoms with Crippen LogP contribution in [0.15, 0.2) is 24.3 Å². The molecule has 0 bridgehead atoms. The summed E-state index contributed by atoms with van der Waals surface area (Å²) in [6.07, 6.45) is 5.22. The molecule has 2 fully saturated rings. The van der Waals surface area contributed by atoms with Crippen LogP contribution in [-0.2, 0) is 0 Å². The molecule has 3 heteroatoms. The molecule has 0 radical (unpaired) electrons. The van der Waals surface area contributed by atoms with Crippen molar-refractivity contribution < 1.29 is 4.74 Å². The molecule has 2 aliphatic rings. The Hall–Kier alpha value is -1.06. The Balaban J connectivity index is 1.45. The third-order valence-corrected chi connectivity index (χ3v) is 4.57. The highest BCUT2D eigenvalue weighted by Gasteiger charge is 2.15. The maximum absolute atomic E-state index is 5.86. The van der Waals surface area contributed by atoms with E-state index in [4.69, 9.17) is 4.74 Å². The van der Waals surface area contributed by atoms with Gasteiger partial charge in [0.15, 0.2) is 0 Å². The molecule has 0 unspecified atom stereocenters. The number of nitrogens with one attached hydrogen (secondary N) is 1. The quantitative estimate of drug-likeness (QED) is 0.893. The van der Waals surface area contributed by atoms with Gasteiger partial charge < -0.3 is 10.1 Å². The molecule has 2 saturated heterocycles. The summed E-state index contributed by atoms with van der Waals surface area (Å²) >= 11 is 0. The molecule has 2 heterocycles. The molecule has 110 valence electrons. The molecule has 0 amide bonds. The first-order chi connectivity index (χ1) is 9.92. The smallest absolute Gasteiger partial charge is 0.119 e. The van der Waals surface area contributed by atoms with E-state index in [9.17, 15) is 0 Å². The highest BCUT2D eigenvalue weighted by atomic mass is 16.5. The number of hydrogen-bond donors (Lipinski definition) is 1. The lowest BCUT2D eigenvalue weighted by atomic mass is 9.90. The second-order valence-corrected chi connectivity index (χ2v) is 5.99. The van der Waals surface area contributed by atoms with Gasteiger partial charge in [0.2, 0.25) is 0 Å². The van der Waals surface area contributed by atoms with Gasteiger partial charge in [-0.25, -0.2) is 0 Å². The first-order valence-corrected chi connectivity index (χ1v) is 8.08. The van der Waals surface area contributed by atoms with E-state index in [0.29, 0.717) is 0 Å². The van der Waals surface area contributed by atoms with Gasteiger partial charge >= 0.3 is 0 Å². The topological polar surface area (TPSA) is 24.5 Å². The van der Waals surface area contributed by atoms with Crippen LogP contribution in [0.5, 0.6) is 5.75 Å². The molecule has 0 spiro atoms. The highest BCUT2D eigenvalue weighted by molar-refractivity contribution is 5.29. The van der Waals surface area contributed by atoms with E-state index in [-0.39, 0.29) is 0 Å². The molecule has 20 heavy (non-hydrogen) atoms. The number of piperidine rings is 1. The van der Waals surface area contributed by atoms with E-state index in [1.807, 2.05) is 0 Å². The summed E-state index contributed by atoms with van der Waals surface area (Å²) in [6, 6.07) is 8.78. The fourth-order valence-electron chi connectivity index (χ4n) is 3.29. The van der Waals surface area contributed by atoms with Crippen molar-refractivity contribution in [1.82, 2.24) is 10.2 Å². The van der Waals surface area contributed by atoms with Crippen molar-refractivity contribution >= 4 is 0 Å². The van der Waals surface area contributed by atoms with Crippen molar-refractivity contribution in [2.75, 3.05) is 39.3 Å². The van der Waals surface area contributed by atoms with Crippen LogP contribution in [0.4, 0.5) is 0 Å². The Morgan fingerprint density at radius 3 is 2.45 bits per heavy atom. The van der Waals surface area contributed by atoms with Gasteiger partial charge in [-0.3, -0.25) is 4.90 Å². The average Bonchev–Trinajstić information content (AvgIpc) is 3.02. The summed E-state index contributed by atoms with van der Waals surface area (Å²) in [6.45, 7) is 6.68. The van der Waals surface area contributed by atoms with Gasteiger partial charge in [0.25, 0.3) is 0 Å². The third kappa shape index (κ3) is 3.74. The van der Waals surface area contributed by atoms with Crippen molar-refractivity contribution in [3.05, 3.63) is 29.8 Å². The lowest BCUT2D eigenvalue weighted by Crippen LogP contribution is -2.26. The van der Waals surface area contributed by atoms with Crippen LogP contribution in [0.25, 0.3) is 0 Å². The van der Waals surface area contributed by atoms with Gasteiger partial charge in [0.1, 0.15) is 12.4 Å². The van der Waals surface area contributed by atoms with Crippen LogP contribution >= 0.6 is 0 Å². The van der Waals surface area contributed by atoms with Crippen LogP contribution in [0.2, 0.25) is 0 Å². The lowest BCUT2D eigenvalue weighted by molar-refractivity contribution is 0.237. The Labute approximate surface area is 122 Å². The van der Waals surface area contributed by atoms with Gasteiger partial charge in [-0.05, 0) is 75.5 Å². The maximum atomic E-state index is 5.86. The molecule has 0 aliphatic carbocycles. The third-order valence-electron chi connectivity index (χ3n) is 4.57. The van der Waals surface area contributed by atoms with Crippen LogP contribution < -0.4 is 10.1 Å². The SMILES string of the molecule is c1cc(C2CCNCC2)ccc1OCCN1CCCC1. The number of likely N-dealkylation sites (tertiary alicyclic amines) is 1. The van der Waals surface area contributed by atoms with E-state index in [1.165, 1.54) is 44.3 Å². The minimum atomic E-state index is 0.731. The van der Waals surface area contributed by atoms with E-state index in [0.717, 1.165) is 37.9 Å². The molecule has 1 aromatic carbocycles. The average molecular weight is 274 g/mol.